The SMILES string of the molecule is Cc1ccsc1C(=O)N1CCCc2cccc(C)c21. The molecule has 0 saturated heterocycles. The first kappa shape index (κ1) is 12.4. The van der Waals surface area contributed by atoms with Crippen LogP contribution in [0.3, 0.4) is 0 Å². The number of amides is 1. The maximum Gasteiger partial charge on any atom is 0.268 e. The molecular formula is C16H17NOS. The van der Waals surface area contributed by atoms with Crippen molar-refractivity contribution in [1.29, 1.82) is 0 Å². The van der Waals surface area contributed by atoms with Crippen molar-refractivity contribution < 1.29 is 4.79 Å². The summed E-state index contributed by atoms with van der Waals surface area (Å²) in [4.78, 5) is 15.6. The summed E-state index contributed by atoms with van der Waals surface area (Å²) in [5.74, 6) is 0.155. The fraction of sp³-hybridized carbons (Fsp3) is 0.312. The number of thiophene rings is 1. The summed E-state index contributed by atoms with van der Waals surface area (Å²) in [5, 5.41) is 1.99. The molecule has 0 spiro atoms. The van der Waals surface area contributed by atoms with E-state index < -0.39 is 0 Å². The summed E-state index contributed by atoms with van der Waals surface area (Å²) in [5.41, 5.74) is 4.70. The number of carbonyl (C=O) groups excluding carboxylic acids is 1. The van der Waals surface area contributed by atoms with Crippen molar-refractivity contribution in [3.63, 3.8) is 0 Å². The number of hydrogen-bond acceptors (Lipinski definition) is 2. The molecule has 1 aromatic heterocycles. The van der Waals surface area contributed by atoms with Crippen molar-refractivity contribution in [2.24, 2.45) is 0 Å². The van der Waals surface area contributed by atoms with E-state index in [1.807, 2.05) is 23.3 Å². The molecule has 0 unspecified atom stereocenters. The number of anilines is 1. The zero-order valence-corrected chi connectivity index (χ0v) is 12.1. The van der Waals surface area contributed by atoms with Gasteiger partial charge in [-0.15, -0.1) is 11.3 Å². The maximum atomic E-state index is 12.7. The minimum atomic E-state index is 0.155. The normalized spacial score (nSPS) is 14.3. The largest absolute Gasteiger partial charge is 0.307 e. The number of fused-ring (bicyclic) bond motifs is 1. The van der Waals surface area contributed by atoms with Crippen LogP contribution in [0.25, 0.3) is 0 Å². The zero-order valence-electron chi connectivity index (χ0n) is 11.3. The van der Waals surface area contributed by atoms with E-state index in [0.29, 0.717) is 0 Å². The van der Waals surface area contributed by atoms with Gasteiger partial charge in [0, 0.05) is 6.54 Å². The summed E-state index contributed by atoms with van der Waals surface area (Å²) in [7, 11) is 0. The Morgan fingerprint density at radius 1 is 1.21 bits per heavy atom. The van der Waals surface area contributed by atoms with Crippen molar-refractivity contribution in [3.8, 4) is 0 Å². The van der Waals surface area contributed by atoms with Crippen LogP contribution in [0, 0.1) is 13.8 Å². The Morgan fingerprint density at radius 2 is 2.05 bits per heavy atom. The van der Waals surface area contributed by atoms with E-state index in [1.54, 1.807) is 11.3 Å². The molecule has 3 rings (SSSR count). The van der Waals surface area contributed by atoms with Gasteiger partial charge >= 0.3 is 0 Å². The number of benzene rings is 1. The molecule has 3 heteroatoms. The van der Waals surface area contributed by atoms with Crippen molar-refractivity contribution in [1.82, 2.24) is 0 Å². The maximum absolute atomic E-state index is 12.7. The molecule has 2 nitrogen and oxygen atoms in total. The number of nitrogens with zero attached hydrogens (tertiary/aromatic N) is 1. The van der Waals surface area contributed by atoms with Gasteiger partial charge in [-0.1, -0.05) is 18.2 Å². The van der Waals surface area contributed by atoms with E-state index >= 15 is 0 Å². The Labute approximate surface area is 117 Å². The van der Waals surface area contributed by atoms with Gasteiger partial charge in [0.2, 0.25) is 0 Å². The molecule has 1 aliphatic heterocycles. The Kier molecular flexibility index (Phi) is 3.15. The molecular weight excluding hydrogens is 254 g/mol. The lowest BCUT2D eigenvalue weighted by Gasteiger charge is -2.31. The molecule has 2 aromatic rings. The average molecular weight is 271 g/mol. The molecule has 0 atom stereocenters. The van der Waals surface area contributed by atoms with Crippen LogP contribution < -0.4 is 4.90 Å². The molecule has 1 amide bonds. The molecule has 1 aliphatic rings. The Bertz CT molecular complexity index is 629. The smallest absolute Gasteiger partial charge is 0.268 e. The fourth-order valence-corrected chi connectivity index (χ4v) is 3.64. The van der Waals surface area contributed by atoms with E-state index in [0.717, 1.165) is 35.5 Å². The zero-order chi connectivity index (χ0) is 13.4. The molecule has 0 radical (unpaired) electrons. The van der Waals surface area contributed by atoms with E-state index in [9.17, 15) is 4.79 Å². The van der Waals surface area contributed by atoms with E-state index in [1.165, 1.54) is 11.1 Å². The van der Waals surface area contributed by atoms with Gasteiger partial charge in [0.1, 0.15) is 0 Å². The number of aryl methyl sites for hydroxylation is 3. The van der Waals surface area contributed by atoms with E-state index in [2.05, 4.69) is 25.1 Å². The molecule has 0 N–H and O–H groups in total. The third-order valence-electron chi connectivity index (χ3n) is 3.72. The molecule has 98 valence electrons. The number of carbonyl (C=O) groups is 1. The third-order valence-corrected chi connectivity index (χ3v) is 4.73. The molecule has 0 fully saturated rings. The highest BCUT2D eigenvalue weighted by atomic mass is 32.1. The Balaban J connectivity index is 2.05. The van der Waals surface area contributed by atoms with Gasteiger partial charge in [-0.3, -0.25) is 4.79 Å². The van der Waals surface area contributed by atoms with Crippen molar-refractivity contribution in [2.45, 2.75) is 26.7 Å². The topological polar surface area (TPSA) is 20.3 Å². The lowest BCUT2D eigenvalue weighted by atomic mass is 9.98. The average Bonchev–Trinajstić information content (AvgIpc) is 2.84. The predicted molar refractivity (Wildman–Crippen MR) is 80.2 cm³/mol. The minimum Gasteiger partial charge on any atom is -0.307 e. The standard InChI is InChI=1S/C16H17NOS/c1-11-5-3-6-13-7-4-9-17(14(11)13)16(18)15-12(2)8-10-19-15/h3,5-6,8,10H,4,7,9H2,1-2H3. The number of hydrogen-bond donors (Lipinski definition) is 0. The second-order valence-electron chi connectivity index (χ2n) is 5.08. The second kappa shape index (κ2) is 4.82. The van der Waals surface area contributed by atoms with Crippen LogP contribution in [0.1, 0.15) is 32.8 Å². The van der Waals surface area contributed by atoms with Gasteiger partial charge in [0.05, 0.1) is 10.6 Å². The molecule has 0 aliphatic carbocycles. The van der Waals surface area contributed by atoms with Gasteiger partial charge in [0.15, 0.2) is 0 Å². The molecule has 2 heterocycles. The molecule has 19 heavy (non-hydrogen) atoms. The summed E-state index contributed by atoms with van der Waals surface area (Å²) in [6.45, 7) is 4.92. The molecule has 1 aromatic carbocycles. The Morgan fingerprint density at radius 3 is 2.79 bits per heavy atom. The van der Waals surface area contributed by atoms with Crippen molar-refractivity contribution >= 4 is 22.9 Å². The Hall–Kier alpha value is -1.61. The first-order chi connectivity index (χ1) is 9.18. The van der Waals surface area contributed by atoms with Crippen molar-refractivity contribution in [2.75, 3.05) is 11.4 Å². The van der Waals surface area contributed by atoms with Crippen molar-refractivity contribution in [3.05, 3.63) is 51.2 Å². The monoisotopic (exact) mass is 271 g/mol. The summed E-state index contributed by atoms with van der Waals surface area (Å²) >= 11 is 1.54. The first-order valence-corrected chi connectivity index (χ1v) is 7.51. The van der Waals surface area contributed by atoms with Gasteiger partial charge in [-0.2, -0.15) is 0 Å². The van der Waals surface area contributed by atoms with Gasteiger partial charge < -0.3 is 4.90 Å². The van der Waals surface area contributed by atoms with Crippen LogP contribution in [-0.2, 0) is 6.42 Å². The van der Waals surface area contributed by atoms with Crippen LogP contribution in [0.5, 0.6) is 0 Å². The first-order valence-electron chi connectivity index (χ1n) is 6.63. The summed E-state index contributed by atoms with van der Waals surface area (Å²) in [6, 6.07) is 8.33. The lowest BCUT2D eigenvalue weighted by molar-refractivity contribution is 0.0988. The second-order valence-corrected chi connectivity index (χ2v) is 5.99. The highest BCUT2D eigenvalue weighted by Gasteiger charge is 2.26. The van der Waals surface area contributed by atoms with Gasteiger partial charge in [0.25, 0.3) is 5.91 Å². The highest BCUT2D eigenvalue weighted by Crippen LogP contribution is 2.32. The third kappa shape index (κ3) is 2.08. The summed E-state index contributed by atoms with van der Waals surface area (Å²) < 4.78 is 0. The van der Waals surface area contributed by atoms with E-state index in [4.69, 9.17) is 0 Å². The van der Waals surface area contributed by atoms with Crippen LogP contribution >= 0.6 is 11.3 Å². The van der Waals surface area contributed by atoms with Crippen LogP contribution in [0.4, 0.5) is 5.69 Å². The van der Waals surface area contributed by atoms with Gasteiger partial charge in [-0.25, -0.2) is 0 Å². The van der Waals surface area contributed by atoms with E-state index in [-0.39, 0.29) is 5.91 Å². The predicted octanol–water partition coefficient (Wildman–Crippen LogP) is 3.96. The quantitative estimate of drug-likeness (QED) is 0.769. The summed E-state index contributed by atoms with van der Waals surface area (Å²) in [6.07, 6.45) is 2.12. The van der Waals surface area contributed by atoms with Crippen LogP contribution in [-0.4, -0.2) is 12.5 Å². The highest BCUT2D eigenvalue weighted by molar-refractivity contribution is 7.12. The molecule has 0 saturated carbocycles. The fourth-order valence-electron chi connectivity index (χ4n) is 2.76. The minimum absolute atomic E-state index is 0.155. The number of para-hydroxylation sites is 1. The van der Waals surface area contributed by atoms with Gasteiger partial charge in [-0.05, 0) is 54.8 Å². The van der Waals surface area contributed by atoms with Crippen LogP contribution in [0.2, 0.25) is 0 Å². The van der Waals surface area contributed by atoms with Crippen LogP contribution in [0.15, 0.2) is 29.6 Å². The number of rotatable bonds is 1. The molecule has 0 bridgehead atoms. The lowest BCUT2D eigenvalue weighted by Crippen LogP contribution is -2.36.